The third-order valence-corrected chi connectivity index (χ3v) is 2.51. The van der Waals surface area contributed by atoms with Gasteiger partial charge in [-0.25, -0.2) is 0 Å². The van der Waals surface area contributed by atoms with Crippen LogP contribution in [0, 0.1) is 5.92 Å². The van der Waals surface area contributed by atoms with Gasteiger partial charge in [-0.3, -0.25) is 4.79 Å². The van der Waals surface area contributed by atoms with Crippen molar-refractivity contribution in [3.05, 3.63) is 11.6 Å². The largest absolute Gasteiger partial charge is 0.295 e. The molecule has 0 aliphatic heterocycles. The molecule has 1 rings (SSSR count). The van der Waals surface area contributed by atoms with Crippen LogP contribution in [0.1, 0.15) is 32.6 Å². The van der Waals surface area contributed by atoms with Crippen molar-refractivity contribution in [2.75, 3.05) is 5.88 Å². The summed E-state index contributed by atoms with van der Waals surface area (Å²) in [4.78, 5) is 11.4. The molecule has 0 saturated carbocycles. The Bertz CT molecular complexity index is 196. The third-order valence-electron chi connectivity index (χ3n) is 2.24. The number of rotatable bonds is 3. The molecule has 0 spiro atoms. The quantitative estimate of drug-likeness (QED) is 0.620. The van der Waals surface area contributed by atoms with E-state index in [0.29, 0.717) is 17.6 Å². The van der Waals surface area contributed by atoms with E-state index in [1.165, 1.54) is 0 Å². The molecule has 1 aliphatic carbocycles. The van der Waals surface area contributed by atoms with Gasteiger partial charge in [-0.1, -0.05) is 13.0 Å². The smallest absolute Gasteiger partial charge is 0.158 e. The molecule has 0 fully saturated rings. The summed E-state index contributed by atoms with van der Waals surface area (Å²) in [7, 11) is 0. The summed E-state index contributed by atoms with van der Waals surface area (Å²) in [6.07, 6.45) is 5.67. The number of hydrogen-bond acceptors (Lipinski definition) is 1. The van der Waals surface area contributed by atoms with Gasteiger partial charge in [0.1, 0.15) is 0 Å². The highest BCUT2D eigenvalue weighted by Gasteiger charge is 2.17. The van der Waals surface area contributed by atoms with Gasteiger partial charge in [-0.15, -0.1) is 11.6 Å². The Kier molecular flexibility index (Phi) is 3.80. The van der Waals surface area contributed by atoms with E-state index in [2.05, 4.69) is 13.0 Å². The van der Waals surface area contributed by atoms with Crippen molar-refractivity contribution >= 4 is 17.4 Å². The number of halogens is 1. The first-order chi connectivity index (χ1) is 5.74. The van der Waals surface area contributed by atoms with Crippen LogP contribution in [0.25, 0.3) is 0 Å². The number of carbonyl (C=O) groups excluding carboxylic acids is 1. The summed E-state index contributed by atoms with van der Waals surface area (Å²) in [5, 5.41) is 0. The highest BCUT2D eigenvalue weighted by atomic mass is 35.5. The summed E-state index contributed by atoms with van der Waals surface area (Å²) < 4.78 is 0. The number of allylic oxidation sites excluding steroid dienone is 2. The standard InChI is InChI=1S/C10H15ClO/c1-8-4-5-9(3-2-6-11)10(12)7-8/h5,8H,2-4,6-7H2,1H3. The Morgan fingerprint density at radius 2 is 2.42 bits per heavy atom. The Balaban J connectivity index is 2.47. The maximum atomic E-state index is 11.4. The molecule has 1 atom stereocenters. The minimum absolute atomic E-state index is 0.332. The zero-order valence-electron chi connectivity index (χ0n) is 7.48. The highest BCUT2D eigenvalue weighted by Crippen LogP contribution is 2.22. The Morgan fingerprint density at radius 1 is 1.67 bits per heavy atom. The lowest BCUT2D eigenvalue weighted by Crippen LogP contribution is -2.13. The van der Waals surface area contributed by atoms with Gasteiger partial charge < -0.3 is 0 Å². The van der Waals surface area contributed by atoms with Crippen molar-refractivity contribution in [1.29, 1.82) is 0 Å². The first-order valence-corrected chi connectivity index (χ1v) is 5.05. The molecule has 1 unspecified atom stereocenters. The Hall–Kier alpha value is -0.300. The Labute approximate surface area is 78.8 Å². The topological polar surface area (TPSA) is 17.1 Å². The first kappa shape index (κ1) is 9.79. The van der Waals surface area contributed by atoms with E-state index in [1.807, 2.05) is 0 Å². The van der Waals surface area contributed by atoms with Gasteiger partial charge in [0.2, 0.25) is 0 Å². The van der Waals surface area contributed by atoms with E-state index in [-0.39, 0.29) is 0 Å². The van der Waals surface area contributed by atoms with Gasteiger partial charge in [0, 0.05) is 12.3 Å². The molecule has 0 radical (unpaired) electrons. The molecule has 0 saturated heterocycles. The number of alkyl halides is 1. The second kappa shape index (κ2) is 4.66. The van der Waals surface area contributed by atoms with Crippen LogP contribution in [0.4, 0.5) is 0 Å². The van der Waals surface area contributed by atoms with Crippen molar-refractivity contribution in [3.8, 4) is 0 Å². The van der Waals surface area contributed by atoms with Crippen LogP contribution in [-0.2, 0) is 4.79 Å². The van der Waals surface area contributed by atoms with Crippen molar-refractivity contribution in [2.45, 2.75) is 32.6 Å². The summed E-state index contributed by atoms with van der Waals surface area (Å²) in [5.41, 5.74) is 1.01. The van der Waals surface area contributed by atoms with Crippen molar-refractivity contribution in [2.24, 2.45) is 5.92 Å². The molecular formula is C10H15ClO. The number of Topliss-reactive ketones (excluding diaryl/α,β-unsaturated/α-hetero) is 1. The second-order valence-electron chi connectivity index (χ2n) is 3.49. The molecule has 0 aromatic heterocycles. The van der Waals surface area contributed by atoms with E-state index in [0.717, 1.165) is 31.3 Å². The van der Waals surface area contributed by atoms with Crippen LogP contribution < -0.4 is 0 Å². The van der Waals surface area contributed by atoms with E-state index < -0.39 is 0 Å². The molecule has 2 heteroatoms. The van der Waals surface area contributed by atoms with Crippen molar-refractivity contribution in [1.82, 2.24) is 0 Å². The van der Waals surface area contributed by atoms with E-state index in [9.17, 15) is 4.79 Å². The van der Waals surface area contributed by atoms with Gasteiger partial charge >= 0.3 is 0 Å². The molecule has 0 heterocycles. The van der Waals surface area contributed by atoms with Crippen LogP contribution in [-0.4, -0.2) is 11.7 Å². The van der Waals surface area contributed by atoms with Crippen molar-refractivity contribution in [3.63, 3.8) is 0 Å². The highest BCUT2D eigenvalue weighted by molar-refractivity contribution is 6.17. The average Bonchev–Trinajstić information content (AvgIpc) is 2.03. The number of ketones is 1. The zero-order valence-corrected chi connectivity index (χ0v) is 8.23. The maximum Gasteiger partial charge on any atom is 0.158 e. The van der Waals surface area contributed by atoms with Crippen LogP contribution in [0.5, 0.6) is 0 Å². The molecule has 0 aromatic carbocycles. The molecular weight excluding hydrogens is 172 g/mol. The van der Waals surface area contributed by atoms with Crippen LogP contribution in [0.2, 0.25) is 0 Å². The molecule has 0 amide bonds. The molecule has 0 bridgehead atoms. The molecule has 12 heavy (non-hydrogen) atoms. The lowest BCUT2D eigenvalue weighted by Gasteiger charge is -2.16. The number of hydrogen-bond donors (Lipinski definition) is 0. The second-order valence-corrected chi connectivity index (χ2v) is 3.87. The Morgan fingerprint density at radius 3 is 3.00 bits per heavy atom. The van der Waals surface area contributed by atoms with Gasteiger partial charge in [0.25, 0.3) is 0 Å². The molecule has 68 valence electrons. The van der Waals surface area contributed by atoms with Crippen LogP contribution in [0.3, 0.4) is 0 Å². The van der Waals surface area contributed by atoms with E-state index >= 15 is 0 Å². The van der Waals surface area contributed by atoms with Crippen LogP contribution >= 0.6 is 11.6 Å². The van der Waals surface area contributed by atoms with Gasteiger partial charge in [-0.2, -0.15) is 0 Å². The fraction of sp³-hybridized carbons (Fsp3) is 0.700. The summed E-state index contributed by atoms with van der Waals surface area (Å²) in [5.74, 6) is 1.52. The van der Waals surface area contributed by atoms with E-state index in [1.54, 1.807) is 0 Å². The maximum absolute atomic E-state index is 11.4. The third kappa shape index (κ3) is 2.63. The monoisotopic (exact) mass is 186 g/mol. The minimum atomic E-state index is 0.332. The van der Waals surface area contributed by atoms with Gasteiger partial charge in [-0.05, 0) is 30.8 Å². The summed E-state index contributed by atoms with van der Waals surface area (Å²) >= 11 is 5.56. The zero-order chi connectivity index (χ0) is 8.97. The van der Waals surface area contributed by atoms with E-state index in [4.69, 9.17) is 11.6 Å². The van der Waals surface area contributed by atoms with Crippen molar-refractivity contribution < 1.29 is 4.79 Å². The summed E-state index contributed by atoms with van der Waals surface area (Å²) in [6, 6.07) is 0. The fourth-order valence-corrected chi connectivity index (χ4v) is 1.62. The summed E-state index contributed by atoms with van der Waals surface area (Å²) in [6.45, 7) is 2.12. The lowest BCUT2D eigenvalue weighted by molar-refractivity contribution is -0.116. The normalized spacial score (nSPS) is 24.0. The minimum Gasteiger partial charge on any atom is -0.295 e. The van der Waals surface area contributed by atoms with Gasteiger partial charge in [0.15, 0.2) is 5.78 Å². The number of carbonyl (C=O) groups is 1. The lowest BCUT2D eigenvalue weighted by atomic mass is 9.88. The average molecular weight is 187 g/mol. The molecule has 0 aromatic rings. The fourth-order valence-electron chi connectivity index (χ4n) is 1.49. The SMILES string of the molecule is CC1CC=C(CCCCl)C(=O)C1. The molecule has 1 nitrogen and oxygen atoms in total. The predicted octanol–water partition coefficient (Wildman–Crippen LogP) is 2.93. The van der Waals surface area contributed by atoms with Crippen LogP contribution in [0.15, 0.2) is 11.6 Å². The molecule has 0 N–H and O–H groups in total. The first-order valence-electron chi connectivity index (χ1n) is 4.52. The predicted molar refractivity (Wildman–Crippen MR) is 51.4 cm³/mol. The van der Waals surface area contributed by atoms with Gasteiger partial charge in [0.05, 0.1) is 0 Å². The molecule has 1 aliphatic rings.